The molecule has 1 aromatic heterocycles. The number of H-pyrrole nitrogens is 1. The largest absolute Gasteiger partial charge is 0.481 e. The van der Waals surface area contributed by atoms with E-state index in [4.69, 9.17) is 16.7 Å². The van der Waals surface area contributed by atoms with E-state index in [0.717, 1.165) is 33.6 Å². The topological polar surface area (TPSA) is 82.2 Å². The highest BCUT2D eigenvalue weighted by atomic mass is 35.5. The molecule has 24 heavy (non-hydrogen) atoms. The Morgan fingerprint density at radius 1 is 1.29 bits per heavy atom. The van der Waals surface area contributed by atoms with E-state index < -0.39 is 5.97 Å². The van der Waals surface area contributed by atoms with Gasteiger partial charge in [-0.25, -0.2) is 0 Å². The Balaban J connectivity index is 2.00. The van der Waals surface area contributed by atoms with Crippen molar-refractivity contribution in [2.45, 2.75) is 26.7 Å². The minimum absolute atomic E-state index is 0.0761. The molecule has 2 heterocycles. The number of amides is 1. The summed E-state index contributed by atoms with van der Waals surface area (Å²) in [6, 6.07) is 3.56. The molecule has 1 aliphatic heterocycles. The Hall–Kier alpha value is -2.53. The lowest BCUT2D eigenvalue weighted by Gasteiger charge is -2.05. The molecule has 0 saturated carbocycles. The maximum absolute atomic E-state index is 12.3. The predicted octanol–water partition coefficient (Wildman–Crippen LogP) is 3.79. The average Bonchev–Trinajstić information content (AvgIpc) is 3.03. The fraction of sp³-hybridized carbons (Fsp3) is 0.222. The summed E-state index contributed by atoms with van der Waals surface area (Å²) in [4.78, 5) is 26.2. The van der Waals surface area contributed by atoms with Gasteiger partial charge in [-0.05, 0) is 55.2 Å². The van der Waals surface area contributed by atoms with E-state index in [1.54, 1.807) is 24.4 Å². The van der Waals surface area contributed by atoms with E-state index in [1.807, 2.05) is 13.8 Å². The second-order valence-electron chi connectivity index (χ2n) is 5.85. The first-order valence-electron chi connectivity index (χ1n) is 7.59. The molecule has 6 heteroatoms. The fourth-order valence-corrected chi connectivity index (χ4v) is 3.09. The number of halogens is 1. The molecule has 0 saturated heterocycles. The Kier molecular flexibility index (Phi) is 4.20. The van der Waals surface area contributed by atoms with Crippen LogP contribution in [0.5, 0.6) is 0 Å². The van der Waals surface area contributed by atoms with Gasteiger partial charge in [-0.1, -0.05) is 11.6 Å². The van der Waals surface area contributed by atoms with Crippen molar-refractivity contribution in [3.8, 4) is 0 Å². The first-order valence-corrected chi connectivity index (χ1v) is 7.97. The van der Waals surface area contributed by atoms with Gasteiger partial charge in [0, 0.05) is 34.6 Å². The first-order chi connectivity index (χ1) is 11.4. The zero-order valence-electron chi connectivity index (χ0n) is 13.4. The molecule has 1 amide bonds. The van der Waals surface area contributed by atoms with Crippen molar-refractivity contribution >= 4 is 40.8 Å². The molecule has 1 aromatic carbocycles. The molecular formula is C18H17ClN2O3. The molecule has 3 N–H and O–H groups in total. The summed E-state index contributed by atoms with van der Waals surface area (Å²) in [5, 5.41) is 12.3. The summed E-state index contributed by atoms with van der Waals surface area (Å²) in [5.41, 5.74) is 5.66. The number of benzene rings is 1. The van der Waals surface area contributed by atoms with Gasteiger partial charge in [-0.3, -0.25) is 9.59 Å². The molecule has 0 atom stereocenters. The molecule has 0 bridgehead atoms. The Morgan fingerprint density at radius 3 is 2.75 bits per heavy atom. The van der Waals surface area contributed by atoms with Gasteiger partial charge < -0.3 is 15.4 Å². The van der Waals surface area contributed by atoms with Crippen LogP contribution in [-0.4, -0.2) is 22.0 Å². The lowest BCUT2D eigenvalue weighted by Crippen LogP contribution is -2.03. The molecule has 1 aliphatic rings. The summed E-state index contributed by atoms with van der Waals surface area (Å²) in [7, 11) is 0. The highest BCUT2D eigenvalue weighted by molar-refractivity contribution is 6.37. The van der Waals surface area contributed by atoms with Crippen molar-refractivity contribution in [2.75, 3.05) is 5.32 Å². The number of carboxylic acid groups (broad SMARTS) is 1. The fourth-order valence-electron chi connectivity index (χ4n) is 2.93. The van der Waals surface area contributed by atoms with Crippen molar-refractivity contribution in [2.24, 2.45) is 0 Å². The second kappa shape index (κ2) is 6.17. The molecule has 5 nitrogen and oxygen atoms in total. The maximum atomic E-state index is 12.3. The van der Waals surface area contributed by atoms with E-state index in [9.17, 15) is 9.59 Å². The quantitative estimate of drug-likeness (QED) is 0.738. The minimum Gasteiger partial charge on any atom is -0.481 e. The molecule has 0 fully saturated rings. The molecule has 0 unspecified atom stereocenters. The van der Waals surface area contributed by atoms with Gasteiger partial charge in [0.2, 0.25) is 0 Å². The smallest absolute Gasteiger partial charge is 0.303 e. The number of hydrogen-bond donors (Lipinski definition) is 3. The van der Waals surface area contributed by atoms with Gasteiger partial charge >= 0.3 is 5.97 Å². The molecule has 124 valence electrons. The number of rotatable bonds is 4. The number of carbonyl (C=O) groups is 2. The molecule has 2 aromatic rings. The van der Waals surface area contributed by atoms with Crippen molar-refractivity contribution in [1.82, 2.24) is 4.98 Å². The number of fused-ring (bicyclic) bond motifs is 1. The molecule has 3 rings (SSSR count). The van der Waals surface area contributed by atoms with Crippen LogP contribution in [0.2, 0.25) is 5.02 Å². The number of aliphatic carboxylic acids is 1. The van der Waals surface area contributed by atoms with Gasteiger partial charge in [0.05, 0.1) is 5.57 Å². The summed E-state index contributed by atoms with van der Waals surface area (Å²) >= 11 is 6.18. The van der Waals surface area contributed by atoms with Crippen LogP contribution in [0.1, 0.15) is 34.4 Å². The van der Waals surface area contributed by atoms with Gasteiger partial charge in [-0.15, -0.1) is 0 Å². The first kappa shape index (κ1) is 16.3. The van der Waals surface area contributed by atoms with Gasteiger partial charge in [0.15, 0.2) is 0 Å². The Morgan fingerprint density at radius 2 is 2.04 bits per heavy atom. The summed E-state index contributed by atoms with van der Waals surface area (Å²) in [6.45, 7) is 3.80. The van der Waals surface area contributed by atoms with Gasteiger partial charge in [0.25, 0.3) is 5.91 Å². The van der Waals surface area contributed by atoms with Crippen LogP contribution < -0.4 is 5.32 Å². The van der Waals surface area contributed by atoms with E-state index in [2.05, 4.69) is 10.3 Å². The van der Waals surface area contributed by atoms with Gasteiger partial charge in [0.1, 0.15) is 0 Å². The predicted molar refractivity (Wildman–Crippen MR) is 94.2 cm³/mol. The Labute approximate surface area is 144 Å². The number of aromatic nitrogens is 1. The molecule has 0 radical (unpaired) electrons. The SMILES string of the molecule is Cc1c(CCC(=O)O)c[nH]c1/C=C1\C(=O)Nc2ccc(Cl)c(C)c21. The van der Waals surface area contributed by atoms with Crippen molar-refractivity contribution in [3.05, 3.63) is 51.3 Å². The third kappa shape index (κ3) is 2.83. The number of carbonyl (C=O) groups excluding carboxylic acids is 1. The average molecular weight is 345 g/mol. The number of aromatic amines is 1. The third-order valence-electron chi connectivity index (χ3n) is 4.35. The second-order valence-corrected chi connectivity index (χ2v) is 6.26. The monoisotopic (exact) mass is 344 g/mol. The van der Waals surface area contributed by atoms with Crippen molar-refractivity contribution < 1.29 is 14.7 Å². The highest BCUT2D eigenvalue weighted by Crippen LogP contribution is 2.38. The van der Waals surface area contributed by atoms with Crippen LogP contribution in [0.4, 0.5) is 5.69 Å². The number of anilines is 1. The Bertz CT molecular complexity index is 881. The lowest BCUT2D eigenvalue weighted by atomic mass is 9.99. The summed E-state index contributed by atoms with van der Waals surface area (Å²) in [6.07, 6.45) is 4.12. The summed E-state index contributed by atoms with van der Waals surface area (Å²) in [5.74, 6) is -0.999. The number of aryl methyl sites for hydroxylation is 1. The highest BCUT2D eigenvalue weighted by Gasteiger charge is 2.27. The lowest BCUT2D eigenvalue weighted by molar-refractivity contribution is -0.137. The number of carboxylic acids is 1. The zero-order valence-corrected chi connectivity index (χ0v) is 14.1. The molecule has 0 spiro atoms. The van der Waals surface area contributed by atoms with Crippen LogP contribution in [0.3, 0.4) is 0 Å². The van der Waals surface area contributed by atoms with E-state index >= 15 is 0 Å². The number of hydrogen-bond acceptors (Lipinski definition) is 2. The minimum atomic E-state index is -0.829. The van der Waals surface area contributed by atoms with E-state index in [1.165, 1.54) is 0 Å². The van der Waals surface area contributed by atoms with Crippen molar-refractivity contribution in [3.63, 3.8) is 0 Å². The van der Waals surface area contributed by atoms with Crippen LogP contribution in [0.25, 0.3) is 11.6 Å². The third-order valence-corrected chi connectivity index (χ3v) is 4.75. The maximum Gasteiger partial charge on any atom is 0.303 e. The normalized spacial score (nSPS) is 14.8. The van der Waals surface area contributed by atoms with Crippen LogP contribution in [0.15, 0.2) is 18.3 Å². The van der Waals surface area contributed by atoms with Crippen molar-refractivity contribution in [1.29, 1.82) is 0 Å². The van der Waals surface area contributed by atoms with E-state index in [-0.39, 0.29) is 12.3 Å². The standard InChI is InChI=1S/C18H17ClN2O3/c1-9-11(3-6-16(22)23)8-20-15(9)7-12-17-10(2)13(19)4-5-14(17)21-18(12)24/h4-5,7-8,20H,3,6H2,1-2H3,(H,21,24)(H,22,23)/b12-7-. The van der Waals surface area contributed by atoms with Crippen LogP contribution >= 0.6 is 11.6 Å². The van der Waals surface area contributed by atoms with Gasteiger partial charge in [-0.2, -0.15) is 0 Å². The summed E-state index contributed by atoms with van der Waals surface area (Å²) < 4.78 is 0. The number of nitrogens with one attached hydrogen (secondary N) is 2. The van der Waals surface area contributed by atoms with Crippen LogP contribution in [0, 0.1) is 13.8 Å². The molecule has 0 aliphatic carbocycles. The molecular weight excluding hydrogens is 328 g/mol. The van der Waals surface area contributed by atoms with E-state index in [0.29, 0.717) is 17.0 Å². The van der Waals surface area contributed by atoms with Crippen LogP contribution in [-0.2, 0) is 16.0 Å². The zero-order chi connectivity index (χ0) is 17.4.